The molecule has 0 unspecified atom stereocenters. The van der Waals surface area contributed by atoms with E-state index < -0.39 is 0 Å². The van der Waals surface area contributed by atoms with Crippen LogP contribution in [0.4, 0.5) is 4.79 Å². The Morgan fingerprint density at radius 3 is 2.88 bits per heavy atom. The standard InChI is InChI=1S/C12H13N3O/c1-14-5-6-15(12(14)16)9-11-4-2-3-10(7-11)8-13/h2-4,7H,5-6,9H2,1H3. The summed E-state index contributed by atoms with van der Waals surface area (Å²) < 4.78 is 0. The lowest BCUT2D eigenvalue weighted by Crippen LogP contribution is -2.28. The molecule has 16 heavy (non-hydrogen) atoms. The van der Waals surface area contributed by atoms with Crippen LogP contribution in [0.3, 0.4) is 0 Å². The van der Waals surface area contributed by atoms with Crippen molar-refractivity contribution in [1.82, 2.24) is 9.80 Å². The van der Waals surface area contributed by atoms with E-state index in [2.05, 4.69) is 6.07 Å². The fourth-order valence-electron chi connectivity index (χ4n) is 1.81. The number of likely N-dealkylation sites (N-methyl/N-ethyl adjacent to an activating group) is 1. The van der Waals surface area contributed by atoms with E-state index in [-0.39, 0.29) is 6.03 Å². The first kappa shape index (κ1) is 10.5. The van der Waals surface area contributed by atoms with Gasteiger partial charge in [0.15, 0.2) is 0 Å². The van der Waals surface area contributed by atoms with Gasteiger partial charge in [-0.1, -0.05) is 12.1 Å². The number of carbonyl (C=O) groups is 1. The molecule has 4 nitrogen and oxygen atoms in total. The van der Waals surface area contributed by atoms with Crippen molar-refractivity contribution in [2.24, 2.45) is 0 Å². The molecule has 1 fully saturated rings. The van der Waals surface area contributed by atoms with Crippen LogP contribution in [0.2, 0.25) is 0 Å². The maximum absolute atomic E-state index is 11.7. The highest BCUT2D eigenvalue weighted by Gasteiger charge is 2.24. The smallest absolute Gasteiger partial charge is 0.320 e. The van der Waals surface area contributed by atoms with E-state index in [1.165, 1.54) is 0 Å². The highest BCUT2D eigenvalue weighted by atomic mass is 16.2. The fourth-order valence-corrected chi connectivity index (χ4v) is 1.81. The van der Waals surface area contributed by atoms with Gasteiger partial charge in [-0.3, -0.25) is 0 Å². The average Bonchev–Trinajstić information content (AvgIpc) is 2.61. The van der Waals surface area contributed by atoms with Gasteiger partial charge < -0.3 is 9.80 Å². The molecule has 2 rings (SSSR count). The molecule has 1 aliphatic rings. The molecule has 0 atom stereocenters. The largest absolute Gasteiger partial charge is 0.326 e. The van der Waals surface area contributed by atoms with Crippen LogP contribution in [-0.4, -0.2) is 36.0 Å². The lowest BCUT2D eigenvalue weighted by atomic mass is 10.1. The number of nitrogens with zero attached hydrogens (tertiary/aromatic N) is 3. The third kappa shape index (κ3) is 1.98. The van der Waals surface area contributed by atoms with E-state index in [1.54, 1.807) is 22.9 Å². The maximum Gasteiger partial charge on any atom is 0.320 e. The summed E-state index contributed by atoms with van der Waals surface area (Å²) in [7, 11) is 1.80. The summed E-state index contributed by atoms with van der Waals surface area (Å²) in [5.74, 6) is 0. The van der Waals surface area contributed by atoms with E-state index in [4.69, 9.17) is 5.26 Å². The van der Waals surface area contributed by atoms with Gasteiger partial charge in [0.05, 0.1) is 11.6 Å². The molecule has 1 aliphatic heterocycles. The van der Waals surface area contributed by atoms with E-state index >= 15 is 0 Å². The van der Waals surface area contributed by atoms with Crippen LogP contribution < -0.4 is 0 Å². The number of nitriles is 1. The summed E-state index contributed by atoms with van der Waals surface area (Å²) in [6.45, 7) is 2.11. The first-order valence-electron chi connectivity index (χ1n) is 5.20. The number of rotatable bonds is 2. The lowest BCUT2D eigenvalue weighted by Gasteiger charge is -2.15. The van der Waals surface area contributed by atoms with Gasteiger partial charge in [-0.15, -0.1) is 0 Å². The normalized spacial score (nSPS) is 15.4. The second-order valence-corrected chi connectivity index (χ2v) is 3.94. The predicted molar refractivity (Wildman–Crippen MR) is 59.6 cm³/mol. The number of benzene rings is 1. The predicted octanol–water partition coefficient (Wildman–Crippen LogP) is 1.43. The third-order valence-electron chi connectivity index (χ3n) is 2.73. The van der Waals surface area contributed by atoms with Gasteiger partial charge in [0, 0.05) is 26.7 Å². The zero-order valence-corrected chi connectivity index (χ0v) is 9.18. The number of hydrogen-bond donors (Lipinski definition) is 0. The Kier molecular flexibility index (Phi) is 2.78. The zero-order chi connectivity index (χ0) is 11.5. The summed E-state index contributed by atoms with van der Waals surface area (Å²) >= 11 is 0. The average molecular weight is 215 g/mol. The van der Waals surface area contributed by atoms with E-state index in [0.29, 0.717) is 12.1 Å². The van der Waals surface area contributed by atoms with Gasteiger partial charge in [-0.25, -0.2) is 4.79 Å². The molecule has 0 N–H and O–H groups in total. The molecule has 0 spiro atoms. The highest BCUT2D eigenvalue weighted by molar-refractivity contribution is 5.76. The molecule has 4 heteroatoms. The molecular weight excluding hydrogens is 202 g/mol. The Balaban J connectivity index is 2.10. The molecule has 1 heterocycles. The SMILES string of the molecule is CN1CCN(Cc2cccc(C#N)c2)C1=O. The van der Waals surface area contributed by atoms with Crippen molar-refractivity contribution in [3.05, 3.63) is 35.4 Å². The third-order valence-corrected chi connectivity index (χ3v) is 2.73. The van der Waals surface area contributed by atoms with Crippen molar-refractivity contribution in [3.63, 3.8) is 0 Å². The van der Waals surface area contributed by atoms with Crippen molar-refractivity contribution in [3.8, 4) is 6.07 Å². The number of urea groups is 1. The van der Waals surface area contributed by atoms with Crippen molar-refractivity contribution in [2.45, 2.75) is 6.54 Å². The van der Waals surface area contributed by atoms with Gasteiger partial charge in [0.2, 0.25) is 0 Å². The van der Waals surface area contributed by atoms with Gasteiger partial charge >= 0.3 is 6.03 Å². The molecule has 82 valence electrons. The Hall–Kier alpha value is -2.02. The Morgan fingerprint density at radius 2 is 2.25 bits per heavy atom. The zero-order valence-electron chi connectivity index (χ0n) is 9.18. The van der Waals surface area contributed by atoms with Crippen LogP contribution in [0.5, 0.6) is 0 Å². The summed E-state index contributed by atoms with van der Waals surface area (Å²) in [6.07, 6.45) is 0. The molecular formula is C12H13N3O. The highest BCUT2D eigenvalue weighted by Crippen LogP contribution is 2.12. The van der Waals surface area contributed by atoms with E-state index in [1.807, 2.05) is 18.2 Å². The van der Waals surface area contributed by atoms with Crippen molar-refractivity contribution in [1.29, 1.82) is 5.26 Å². The first-order valence-corrected chi connectivity index (χ1v) is 5.20. The van der Waals surface area contributed by atoms with Gasteiger partial charge in [0.25, 0.3) is 0 Å². The molecule has 1 aromatic rings. The number of carbonyl (C=O) groups excluding carboxylic acids is 1. The number of hydrogen-bond acceptors (Lipinski definition) is 2. The summed E-state index contributed by atoms with van der Waals surface area (Å²) in [5.41, 5.74) is 1.64. The molecule has 1 saturated heterocycles. The lowest BCUT2D eigenvalue weighted by molar-refractivity contribution is 0.197. The van der Waals surface area contributed by atoms with Crippen molar-refractivity contribution >= 4 is 6.03 Å². The number of amides is 2. The van der Waals surface area contributed by atoms with Gasteiger partial charge in [-0.2, -0.15) is 5.26 Å². The van der Waals surface area contributed by atoms with E-state index in [0.717, 1.165) is 18.7 Å². The molecule has 0 aromatic heterocycles. The first-order chi connectivity index (χ1) is 7.70. The molecule has 1 aromatic carbocycles. The van der Waals surface area contributed by atoms with Crippen LogP contribution in [0.1, 0.15) is 11.1 Å². The minimum atomic E-state index is 0.0577. The van der Waals surface area contributed by atoms with Crippen LogP contribution >= 0.6 is 0 Å². The minimum Gasteiger partial charge on any atom is -0.326 e. The quantitative estimate of drug-likeness (QED) is 0.749. The molecule has 0 saturated carbocycles. The van der Waals surface area contributed by atoms with Crippen LogP contribution in [0.25, 0.3) is 0 Å². The fraction of sp³-hybridized carbons (Fsp3) is 0.333. The second-order valence-electron chi connectivity index (χ2n) is 3.94. The summed E-state index contributed by atoms with van der Waals surface area (Å²) in [5, 5.41) is 8.78. The molecule has 0 aliphatic carbocycles. The van der Waals surface area contributed by atoms with Gasteiger partial charge in [-0.05, 0) is 17.7 Å². The molecule has 0 radical (unpaired) electrons. The maximum atomic E-state index is 11.7. The topological polar surface area (TPSA) is 47.3 Å². The Labute approximate surface area is 94.7 Å². The van der Waals surface area contributed by atoms with Crippen molar-refractivity contribution < 1.29 is 4.79 Å². The Morgan fingerprint density at radius 1 is 1.44 bits per heavy atom. The van der Waals surface area contributed by atoms with Crippen LogP contribution in [0.15, 0.2) is 24.3 Å². The monoisotopic (exact) mass is 215 g/mol. The molecule has 0 bridgehead atoms. The Bertz CT molecular complexity index is 450. The van der Waals surface area contributed by atoms with Crippen LogP contribution in [0, 0.1) is 11.3 Å². The molecule has 2 amide bonds. The second kappa shape index (κ2) is 4.23. The minimum absolute atomic E-state index is 0.0577. The van der Waals surface area contributed by atoms with Crippen molar-refractivity contribution in [2.75, 3.05) is 20.1 Å². The van der Waals surface area contributed by atoms with Gasteiger partial charge in [0.1, 0.15) is 0 Å². The summed E-state index contributed by atoms with van der Waals surface area (Å²) in [6, 6.07) is 9.53. The van der Waals surface area contributed by atoms with E-state index in [9.17, 15) is 4.79 Å². The summed E-state index contributed by atoms with van der Waals surface area (Å²) in [4.78, 5) is 15.1. The van der Waals surface area contributed by atoms with Crippen LogP contribution in [-0.2, 0) is 6.54 Å².